The van der Waals surface area contributed by atoms with Gasteiger partial charge in [-0.1, -0.05) is 6.07 Å². The van der Waals surface area contributed by atoms with Gasteiger partial charge in [0.25, 0.3) is 0 Å². The van der Waals surface area contributed by atoms with Gasteiger partial charge in [0.1, 0.15) is 18.1 Å². The van der Waals surface area contributed by atoms with Crippen LogP contribution in [0.1, 0.15) is 5.69 Å². The highest BCUT2D eigenvalue weighted by Crippen LogP contribution is 2.20. The van der Waals surface area contributed by atoms with Crippen molar-refractivity contribution in [1.82, 2.24) is 4.98 Å². The van der Waals surface area contributed by atoms with Gasteiger partial charge in [0.05, 0.1) is 12.8 Å². The Labute approximate surface area is 107 Å². The molecule has 94 valence electrons. The first-order chi connectivity index (χ1) is 8.81. The molecule has 1 aromatic heterocycles. The van der Waals surface area contributed by atoms with Crippen LogP contribution in [0.2, 0.25) is 0 Å². The summed E-state index contributed by atoms with van der Waals surface area (Å²) < 4.78 is 10.8. The number of benzene rings is 1. The van der Waals surface area contributed by atoms with E-state index in [4.69, 9.17) is 9.47 Å². The van der Waals surface area contributed by atoms with Gasteiger partial charge >= 0.3 is 0 Å². The quantitative estimate of drug-likeness (QED) is 0.878. The highest BCUT2D eigenvalue weighted by atomic mass is 16.5. The highest BCUT2D eigenvalue weighted by molar-refractivity contribution is 5.42. The molecule has 0 saturated heterocycles. The highest BCUT2D eigenvalue weighted by Gasteiger charge is 2.00. The van der Waals surface area contributed by atoms with Crippen LogP contribution < -0.4 is 14.8 Å². The molecular formula is C14H16N2O2. The summed E-state index contributed by atoms with van der Waals surface area (Å²) in [5.74, 6) is 1.55. The van der Waals surface area contributed by atoms with E-state index in [0.29, 0.717) is 6.61 Å². The Hall–Kier alpha value is -2.23. The molecule has 0 aliphatic heterocycles. The fourth-order valence-electron chi connectivity index (χ4n) is 1.56. The normalized spacial score (nSPS) is 9.89. The number of nitrogens with zero attached hydrogens (tertiary/aromatic N) is 1. The summed E-state index contributed by atoms with van der Waals surface area (Å²) in [6.45, 7) is 0.433. The molecule has 1 N–H and O–H groups in total. The van der Waals surface area contributed by atoms with Crippen LogP contribution in [0, 0.1) is 0 Å². The Bertz CT molecular complexity index is 467. The molecule has 1 heterocycles. The molecule has 2 rings (SSSR count). The van der Waals surface area contributed by atoms with Crippen LogP contribution in [0.15, 0.2) is 42.6 Å². The van der Waals surface area contributed by atoms with Crippen molar-refractivity contribution in [3.05, 3.63) is 48.3 Å². The van der Waals surface area contributed by atoms with Crippen molar-refractivity contribution in [3.63, 3.8) is 0 Å². The average Bonchev–Trinajstić information content (AvgIpc) is 2.45. The minimum Gasteiger partial charge on any atom is -0.497 e. The van der Waals surface area contributed by atoms with Gasteiger partial charge in [-0.15, -0.1) is 0 Å². The third-order valence-electron chi connectivity index (χ3n) is 2.53. The number of nitrogens with one attached hydrogen (secondary N) is 1. The Balaban J connectivity index is 2.01. The van der Waals surface area contributed by atoms with E-state index in [1.165, 1.54) is 0 Å². The van der Waals surface area contributed by atoms with Crippen LogP contribution in [-0.2, 0) is 6.61 Å². The second-order valence-corrected chi connectivity index (χ2v) is 3.75. The van der Waals surface area contributed by atoms with Crippen molar-refractivity contribution in [3.8, 4) is 11.5 Å². The molecule has 0 unspecified atom stereocenters. The number of aromatic nitrogens is 1. The molecule has 1 aromatic carbocycles. The molecule has 0 saturated carbocycles. The maximum absolute atomic E-state index is 5.66. The molecule has 0 radical (unpaired) electrons. The molecule has 0 aliphatic rings. The third kappa shape index (κ3) is 3.13. The smallest absolute Gasteiger partial charge is 0.130 e. The number of rotatable bonds is 5. The van der Waals surface area contributed by atoms with Gasteiger partial charge < -0.3 is 14.8 Å². The van der Waals surface area contributed by atoms with Gasteiger partial charge in [-0.05, 0) is 24.3 Å². The zero-order chi connectivity index (χ0) is 12.8. The van der Waals surface area contributed by atoms with Crippen LogP contribution in [-0.4, -0.2) is 19.1 Å². The van der Waals surface area contributed by atoms with Crippen molar-refractivity contribution in [1.29, 1.82) is 0 Å². The number of pyridine rings is 1. The van der Waals surface area contributed by atoms with Crippen LogP contribution in [0.5, 0.6) is 11.5 Å². The van der Waals surface area contributed by atoms with Crippen LogP contribution >= 0.6 is 0 Å². The Morgan fingerprint density at radius 3 is 2.78 bits per heavy atom. The summed E-state index contributed by atoms with van der Waals surface area (Å²) in [5.41, 5.74) is 1.90. The van der Waals surface area contributed by atoms with E-state index >= 15 is 0 Å². The molecule has 0 atom stereocenters. The van der Waals surface area contributed by atoms with Gasteiger partial charge in [-0.25, -0.2) is 0 Å². The van der Waals surface area contributed by atoms with E-state index in [2.05, 4.69) is 10.3 Å². The third-order valence-corrected chi connectivity index (χ3v) is 2.53. The number of hydrogen-bond donors (Lipinski definition) is 1. The van der Waals surface area contributed by atoms with Crippen molar-refractivity contribution in [2.24, 2.45) is 0 Å². The van der Waals surface area contributed by atoms with E-state index in [1.807, 2.05) is 43.4 Å². The van der Waals surface area contributed by atoms with Crippen LogP contribution in [0.4, 0.5) is 5.69 Å². The average molecular weight is 244 g/mol. The van der Waals surface area contributed by atoms with Crippen molar-refractivity contribution in [2.45, 2.75) is 6.61 Å². The maximum Gasteiger partial charge on any atom is 0.130 e. The first-order valence-electron chi connectivity index (χ1n) is 5.71. The minimum absolute atomic E-state index is 0.433. The number of hydrogen-bond acceptors (Lipinski definition) is 4. The van der Waals surface area contributed by atoms with E-state index in [9.17, 15) is 0 Å². The summed E-state index contributed by atoms with van der Waals surface area (Å²) >= 11 is 0. The topological polar surface area (TPSA) is 43.4 Å². The predicted octanol–water partition coefficient (Wildman–Crippen LogP) is 2.71. The lowest BCUT2D eigenvalue weighted by Gasteiger charge is -2.08. The summed E-state index contributed by atoms with van der Waals surface area (Å²) in [6.07, 6.45) is 1.76. The molecule has 0 bridgehead atoms. The van der Waals surface area contributed by atoms with Crippen LogP contribution in [0.25, 0.3) is 0 Å². The number of methoxy groups -OCH3 is 1. The second-order valence-electron chi connectivity index (χ2n) is 3.75. The zero-order valence-electron chi connectivity index (χ0n) is 10.5. The molecule has 0 fully saturated rings. The Morgan fingerprint density at radius 1 is 1.17 bits per heavy atom. The fraction of sp³-hybridized carbons (Fsp3) is 0.214. The van der Waals surface area contributed by atoms with E-state index in [0.717, 1.165) is 22.9 Å². The van der Waals surface area contributed by atoms with Crippen molar-refractivity contribution >= 4 is 5.69 Å². The monoisotopic (exact) mass is 244 g/mol. The van der Waals surface area contributed by atoms with Crippen LogP contribution in [0.3, 0.4) is 0 Å². The molecule has 18 heavy (non-hydrogen) atoms. The first-order valence-corrected chi connectivity index (χ1v) is 5.71. The predicted molar refractivity (Wildman–Crippen MR) is 71.1 cm³/mol. The standard InChI is InChI=1S/C14H16N2O2/c1-15-11-6-7-16-12(8-11)10-18-14-5-3-4-13(9-14)17-2/h3-9H,10H2,1-2H3,(H,15,16). The molecule has 4 heteroatoms. The summed E-state index contributed by atoms with van der Waals surface area (Å²) in [4.78, 5) is 4.25. The Morgan fingerprint density at radius 2 is 2.00 bits per heavy atom. The minimum atomic E-state index is 0.433. The summed E-state index contributed by atoms with van der Waals surface area (Å²) in [5, 5.41) is 3.07. The van der Waals surface area contributed by atoms with Crippen molar-refractivity contribution in [2.75, 3.05) is 19.5 Å². The number of anilines is 1. The van der Waals surface area contributed by atoms with Gasteiger partial charge in [0.2, 0.25) is 0 Å². The van der Waals surface area contributed by atoms with Gasteiger partial charge in [0.15, 0.2) is 0 Å². The number of ether oxygens (including phenoxy) is 2. The largest absolute Gasteiger partial charge is 0.497 e. The molecule has 0 amide bonds. The summed E-state index contributed by atoms with van der Waals surface area (Å²) in [6, 6.07) is 11.4. The second kappa shape index (κ2) is 5.91. The molecule has 2 aromatic rings. The molecule has 0 spiro atoms. The maximum atomic E-state index is 5.66. The molecular weight excluding hydrogens is 228 g/mol. The Kier molecular flexibility index (Phi) is 4.02. The molecule has 0 aliphatic carbocycles. The van der Waals surface area contributed by atoms with Crippen molar-refractivity contribution < 1.29 is 9.47 Å². The van der Waals surface area contributed by atoms with Gasteiger partial charge in [-0.3, -0.25) is 4.98 Å². The lowest BCUT2D eigenvalue weighted by Crippen LogP contribution is -1.99. The van der Waals surface area contributed by atoms with Gasteiger partial charge in [-0.2, -0.15) is 0 Å². The fourth-order valence-corrected chi connectivity index (χ4v) is 1.56. The van der Waals surface area contributed by atoms with E-state index in [1.54, 1.807) is 13.3 Å². The molecule has 4 nitrogen and oxygen atoms in total. The van der Waals surface area contributed by atoms with Gasteiger partial charge in [0, 0.05) is 25.0 Å². The SMILES string of the molecule is CNc1ccnc(COc2cccc(OC)c2)c1. The summed E-state index contributed by atoms with van der Waals surface area (Å²) in [7, 11) is 3.51. The lowest BCUT2D eigenvalue weighted by atomic mass is 10.3. The first kappa shape index (κ1) is 12.2. The lowest BCUT2D eigenvalue weighted by molar-refractivity contribution is 0.299. The zero-order valence-corrected chi connectivity index (χ0v) is 10.5. The van der Waals surface area contributed by atoms with E-state index in [-0.39, 0.29) is 0 Å². The van der Waals surface area contributed by atoms with E-state index < -0.39 is 0 Å².